The molecule has 582 valence electrons. The molecule has 0 aromatic heterocycles. The van der Waals surface area contributed by atoms with E-state index in [0.717, 1.165) is 141 Å². The van der Waals surface area contributed by atoms with Crippen molar-refractivity contribution in [1.29, 1.82) is 0 Å². The molecular formula is C81H146O17P2. The third-order valence-electron chi connectivity index (χ3n) is 17.2. The lowest BCUT2D eigenvalue weighted by Crippen LogP contribution is -2.30. The van der Waals surface area contributed by atoms with Gasteiger partial charge in [-0.15, -0.1) is 0 Å². The Kier molecular flexibility index (Phi) is 71.2. The Morgan fingerprint density at radius 2 is 0.520 bits per heavy atom. The van der Waals surface area contributed by atoms with Crippen LogP contribution in [0.1, 0.15) is 362 Å². The summed E-state index contributed by atoms with van der Waals surface area (Å²) in [4.78, 5) is 73.0. The molecule has 2 unspecified atom stereocenters. The molecular weight excluding hydrogens is 1310 g/mol. The maximum absolute atomic E-state index is 13.1. The van der Waals surface area contributed by atoms with Crippen molar-refractivity contribution in [2.75, 3.05) is 39.6 Å². The Hall–Kier alpha value is -3.50. The van der Waals surface area contributed by atoms with Crippen molar-refractivity contribution in [3.05, 3.63) is 72.9 Å². The van der Waals surface area contributed by atoms with Crippen LogP contribution < -0.4 is 0 Å². The largest absolute Gasteiger partial charge is 0.472 e. The van der Waals surface area contributed by atoms with Gasteiger partial charge in [-0.25, -0.2) is 9.13 Å². The summed E-state index contributed by atoms with van der Waals surface area (Å²) in [6.45, 7) is 4.77. The minimum atomic E-state index is -4.98. The number of unbranched alkanes of at least 4 members (excludes halogenated alkanes) is 38. The van der Waals surface area contributed by atoms with Gasteiger partial charge in [0.1, 0.15) is 19.3 Å². The Morgan fingerprint density at radius 1 is 0.290 bits per heavy atom. The number of hydrogen-bond acceptors (Lipinski definition) is 15. The molecule has 0 aromatic rings. The van der Waals surface area contributed by atoms with Gasteiger partial charge in [-0.3, -0.25) is 37.3 Å². The Bertz CT molecular complexity index is 2180. The highest BCUT2D eigenvalue weighted by molar-refractivity contribution is 7.47. The maximum Gasteiger partial charge on any atom is 0.472 e. The first-order valence-corrected chi connectivity index (χ1v) is 43.2. The topological polar surface area (TPSA) is 237 Å². The summed E-state index contributed by atoms with van der Waals surface area (Å²) in [7, 11) is -9.95. The van der Waals surface area contributed by atoms with Gasteiger partial charge in [0, 0.05) is 25.7 Å². The van der Waals surface area contributed by atoms with Gasteiger partial charge in [0.2, 0.25) is 0 Å². The lowest BCUT2D eigenvalue weighted by molar-refractivity contribution is -0.161. The van der Waals surface area contributed by atoms with E-state index in [2.05, 4.69) is 101 Å². The molecule has 0 bridgehead atoms. The van der Waals surface area contributed by atoms with Crippen molar-refractivity contribution in [2.45, 2.75) is 380 Å². The lowest BCUT2D eigenvalue weighted by Gasteiger charge is -2.21. The van der Waals surface area contributed by atoms with Crippen molar-refractivity contribution >= 4 is 39.5 Å². The first-order chi connectivity index (χ1) is 48.7. The number of phosphoric acid groups is 2. The summed E-state index contributed by atoms with van der Waals surface area (Å²) in [5.41, 5.74) is 0. The van der Waals surface area contributed by atoms with Gasteiger partial charge in [0.15, 0.2) is 12.2 Å². The molecule has 3 N–H and O–H groups in total. The van der Waals surface area contributed by atoms with E-state index in [4.69, 9.17) is 37.0 Å². The van der Waals surface area contributed by atoms with Crippen molar-refractivity contribution in [3.8, 4) is 0 Å². The maximum atomic E-state index is 13.1. The first kappa shape index (κ1) is 96.5. The van der Waals surface area contributed by atoms with Crippen LogP contribution in [0.25, 0.3) is 0 Å². The minimum Gasteiger partial charge on any atom is -0.462 e. The van der Waals surface area contributed by atoms with E-state index in [9.17, 15) is 43.2 Å². The molecule has 0 aliphatic carbocycles. The van der Waals surface area contributed by atoms with Crippen LogP contribution in [-0.4, -0.2) is 96.7 Å². The molecule has 0 amide bonds. The highest BCUT2D eigenvalue weighted by Gasteiger charge is 2.30. The van der Waals surface area contributed by atoms with Gasteiger partial charge in [-0.1, -0.05) is 312 Å². The van der Waals surface area contributed by atoms with Crippen LogP contribution in [0, 0.1) is 0 Å². The van der Waals surface area contributed by atoms with E-state index in [1.165, 1.54) is 141 Å². The molecule has 0 radical (unpaired) electrons. The van der Waals surface area contributed by atoms with E-state index < -0.39 is 97.5 Å². The van der Waals surface area contributed by atoms with Crippen LogP contribution >= 0.6 is 15.6 Å². The minimum absolute atomic E-state index is 0.0597. The monoisotopic (exact) mass is 1450 g/mol. The molecule has 19 heteroatoms. The quantitative estimate of drug-likeness (QED) is 0.0169. The van der Waals surface area contributed by atoms with Crippen molar-refractivity contribution < 1.29 is 80.2 Å². The van der Waals surface area contributed by atoms with Crippen LogP contribution in [0.4, 0.5) is 0 Å². The van der Waals surface area contributed by atoms with Crippen LogP contribution in [0.3, 0.4) is 0 Å². The Balaban J connectivity index is 5.35. The molecule has 5 atom stereocenters. The summed E-state index contributed by atoms with van der Waals surface area (Å²) >= 11 is 0. The Labute approximate surface area is 609 Å². The number of carbonyl (C=O) groups excluding carboxylic acids is 4. The molecule has 17 nitrogen and oxygen atoms in total. The third kappa shape index (κ3) is 72.8. The SMILES string of the molecule is CC/C=C\C/C=C\C/C=C\C/C=C\C/C=C\CCCCCC(=O)O[C@H](COC(=O)CCCCCCCCCCCCCCC)COP(=O)(O)OC[C@@H](O)COP(=O)(O)OC[C@@H](COC(=O)CCCCCCCCCCCCCCC)OC(=O)CCCCCCCCC/C=C\CCCCCC. The van der Waals surface area contributed by atoms with Gasteiger partial charge in [0.05, 0.1) is 26.4 Å². The summed E-state index contributed by atoms with van der Waals surface area (Å²) < 4.78 is 68.6. The second-order valence-electron chi connectivity index (χ2n) is 27.0. The highest BCUT2D eigenvalue weighted by atomic mass is 31.2. The zero-order chi connectivity index (χ0) is 73.2. The standard InChI is InChI=1S/C81H146O17P2/c1-5-9-13-17-21-25-29-33-35-36-37-38-40-44-48-52-56-60-64-68-81(86)98-77(72-92-79(84)66-62-58-54-50-46-42-32-28-24-20-16-12-8-4)74-96-100(89,90)94-70-75(82)69-93-99(87,88)95-73-76(71-91-78(83)65-61-57-53-49-45-41-31-27-23-19-15-11-7-3)97-80(85)67-63-59-55-51-47-43-39-34-30-26-22-18-14-10-6-2/h9,13,21,25-26,30,33,35,37-38,44,48,75-77,82H,5-8,10-12,14-20,22-24,27-29,31-32,34,36,39-43,45-47,49-74H2,1-4H3,(H,87,88)(H,89,90)/b13-9-,25-21-,30-26-,35-33-,38-37-,48-44-/t75-,76+,77+/m0/s1. The van der Waals surface area contributed by atoms with Crippen LogP contribution in [0.15, 0.2) is 72.9 Å². The number of carbonyl (C=O) groups is 4. The average Bonchev–Trinajstić information content (AvgIpc) is 1.01. The number of esters is 4. The van der Waals surface area contributed by atoms with E-state index in [1.807, 2.05) is 0 Å². The lowest BCUT2D eigenvalue weighted by atomic mass is 10.0. The molecule has 0 aliphatic rings. The smallest absolute Gasteiger partial charge is 0.462 e. The molecule has 0 saturated carbocycles. The van der Waals surface area contributed by atoms with Crippen LogP contribution in [0.5, 0.6) is 0 Å². The van der Waals surface area contributed by atoms with Crippen molar-refractivity contribution in [2.24, 2.45) is 0 Å². The molecule has 0 aromatic carbocycles. The van der Waals surface area contributed by atoms with Gasteiger partial charge in [-0.2, -0.15) is 0 Å². The Morgan fingerprint density at radius 3 is 0.830 bits per heavy atom. The van der Waals surface area contributed by atoms with E-state index in [0.29, 0.717) is 25.7 Å². The van der Waals surface area contributed by atoms with E-state index in [1.54, 1.807) is 0 Å². The van der Waals surface area contributed by atoms with Crippen LogP contribution in [-0.2, 0) is 65.4 Å². The fourth-order valence-electron chi connectivity index (χ4n) is 11.1. The first-order valence-electron chi connectivity index (χ1n) is 40.2. The zero-order valence-corrected chi connectivity index (χ0v) is 65.4. The number of allylic oxidation sites excluding steroid dienone is 12. The molecule has 0 aliphatic heterocycles. The molecule has 0 spiro atoms. The highest BCUT2D eigenvalue weighted by Crippen LogP contribution is 2.45. The number of aliphatic hydroxyl groups is 1. The summed E-state index contributed by atoms with van der Waals surface area (Å²) in [6.07, 6.45) is 74.5. The molecule has 0 fully saturated rings. The molecule has 0 heterocycles. The zero-order valence-electron chi connectivity index (χ0n) is 63.6. The number of hydrogen-bond donors (Lipinski definition) is 3. The van der Waals surface area contributed by atoms with E-state index >= 15 is 0 Å². The van der Waals surface area contributed by atoms with Crippen molar-refractivity contribution in [1.82, 2.24) is 0 Å². The second-order valence-corrected chi connectivity index (χ2v) is 29.9. The average molecular weight is 1450 g/mol. The third-order valence-corrected chi connectivity index (χ3v) is 19.1. The number of rotatable bonds is 76. The van der Waals surface area contributed by atoms with Gasteiger partial charge in [0.25, 0.3) is 0 Å². The van der Waals surface area contributed by atoms with Crippen LogP contribution in [0.2, 0.25) is 0 Å². The fourth-order valence-corrected chi connectivity index (χ4v) is 12.6. The second kappa shape index (κ2) is 73.8. The van der Waals surface area contributed by atoms with E-state index in [-0.39, 0.29) is 25.7 Å². The summed E-state index contributed by atoms with van der Waals surface area (Å²) in [5.74, 6) is -2.18. The van der Waals surface area contributed by atoms with Gasteiger partial charge >= 0.3 is 39.5 Å². The number of aliphatic hydroxyl groups excluding tert-OH is 1. The fraction of sp³-hybridized carbons (Fsp3) is 0.802. The van der Waals surface area contributed by atoms with Crippen molar-refractivity contribution in [3.63, 3.8) is 0 Å². The predicted molar refractivity (Wildman–Crippen MR) is 409 cm³/mol. The molecule has 0 rings (SSSR count). The normalized spacial score (nSPS) is 14.3. The van der Waals surface area contributed by atoms with Gasteiger partial charge in [-0.05, 0) is 96.3 Å². The van der Waals surface area contributed by atoms with Gasteiger partial charge < -0.3 is 33.8 Å². The number of phosphoric ester groups is 2. The summed E-state index contributed by atoms with van der Waals surface area (Å²) in [5, 5.41) is 10.6. The number of ether oxygens (including phenoxy) is 4. The summed E-state index contributed by atoms with van der Waals surface area (Å²) in [6, 6.07) is 0. The predicted octanol–water partition coefficient (Wildman–Crippen LogP) is 23.2. The molecule has 0 saturated heterocycles. The molecule has 100 heavy (non-hydrogen) atoms.